The maximum atomic E-state index is 12.6. The maximum absolute atomic E-state index is 12.6. The van der Waals surface area contributed by atoms with E-state index in [4.69, 9.17) is 23.2 Å². The summed E-state index contributed by atoms with van der Waals surface area (Å²) >= 11 is 12.6. The van der Waals surface area contributed by atoms with Gasteiger partial charge in [0.25, 0.3) is 0 Å². The van der Waals surface area contributed by atoms with Gasteiger partial charge in [0.05, 0.1) is 22.5 Å². The molecule has 0 aliphatic rings. The summed E-state index contributed by atoms with van der Waals surface area (Å²) in [6.07, 6.45) is -2.30. The van der Waals surface area contributed by atoms with Gasteiger partial charge in [0, 0.05) is 16.8 Å². The van der Waals surface area contributed by atoms with Crippen LogP contribution in [0.2, 0.25) is 10.0 Å². The highest BCUT2D eigenvalue weighted by Crippen LogP contribution is 2.34. The number of anilines is 1. The van der Waals surface area contributed by atoms with E-state index in [1.807, 2.05) is 0 Å². The molecular weight excluding hydrogens is 436 g/mol. The Morgan fingerprint density at radius 1 is 1.18 bits per heavy atom. The normalized spacial score (nSPS) is 11.5. The second-order valence-electron chi connectivity index (χ2n) is 5.51. The number of alkyl halides is 3. The van der Waals surface area contributed by atoms with Crippen molar-refractivity contribution >= 4 is 46.7 Å². The van der Waals surface area contributed by atoms with Gasteiger partial charge in [0.15, 0.2) is 0 Å². The fraction of sp³-hybridized carbons (Fsp3) is 0.118. The molecule has 0 saturated heterocycles. The molecule has 0 fully saturated rings. The largest absolute Gasteiger partial charge is 0.417 e. The number of carbonyl (C=O) groups excluding carboxylic acids is 1. The van der Waals surface area contributed by atoms with E-state index in [1.54, 1.807) is 30.5 Å². The minimum atomic E-state index is -4.53. The summed E-state index contributed by atoms with van der Waals surface area (Å²) in [6.45, 7) is 0. The van der Waals surface area contributed by atoms with Crippen LogP contribution in [0.5, 0.6) is 0 Å². The fourth-order valence-electron chi connectivity index (χ4n) is 2.23. The summed E-state index contributed by atoms with van der Waals surface area (Å²) in [5.41, 5.74) is 0.519. The molecule has 2 heterocycles. The van der Waals surface area contributed by atoms with Gasteiger partial charge in [-0.1, -0.05) is 47.1 Å². The van der Waals surface area contributed by atoms with Gasteiger partial charge in [0.1, 0.15) is 10.8 Å². The second-order valence-corrected chi connectivity index (χ2v) is 7.32. The van der Waals surface area contributed by atoms with Crippen molar-refractivity contribution < 1.29 is 18.0 Å². The predicted octanol–water partition coefficient (Wildman–Crippen LogP) is 5.53. The van der Waals surface area contributed by atoms with E-state index < -0.39 is 17.6 Å². The summed E-state index contributed by atoms with van der Waals surface area (Å²) in [6, 6.07) is 7.77. The van der Waals surface area contributed by atoms with E-state index >= 15 is 0 Å². The van der Waals surface area contributed by atoms with Crippen LogP contribution in [0.1, 0.15) is 5.56 Å². The van der Waals surface area contributed by atoms with E-state index in [2.05, 4.69) is 20.5 Å². The van der Waals surface area contributed by atoms with Crippen molar-refractivity contribution in [2.75, 3.05) is 11.1 Å². The standard InChI is InChI=1S/C17H11Cl2F3N4OS/c18-11-3-1-9(2-4-11)12-7-24-26-15(12)25-14(27)8-28-16-13(19)5-10(6-23-16)17(20,21)22/h1-7H,8H2,(H2,24,25,26,27). The van der Waals surface area contributed by atoms with E-state index in [0.717, 1.165) is 23.4 Å². The molecular formula is C17H11Cl2F3N4OS. The van der Waals surface area contributed by atoms with Crippen molar-refractivity contribution in [2.24, 2.45) is 0 Å². The summed E-state index contributed by atoms with van der Waals surface area (Å²) in [5, 5.41) is 9.82. The van der Waals surface area contributed by atoms with Crippen molar-refractivity contribution in [3.63, 3.8) is 0 Å². The lowest BCUT2D eigenvalue weighted by molar-refractivity contribution is -0.137. The average Bonchev–Trinajstić information content (AvgIpc) is 3.08. The van der Waals surface area contributed by atoms with Crippen LogP contribution in [0.4, 0.5) is 19.0 Å². The molecule has 2 N–H and O–H groups in total. The molecule has 5 nitrogen and oxygen atoms in total. The number of aromatic amines is 1. The molecule has 0 saturated carbocycles. The van der Waals surface area contributed by atoms with Crippen LogP contribution in [0, 0.1) is 0 Å². The number of nitrogens with one attached hydrogen (secondary N) is 2. The molecule has 28 heavy (non-hydrogen) atoms. The fourth-order valence-corrected chi connectivity index (χ4v) is 3.35. The van der Waals surface area contributed by atoms with Crippen LogP contribution in [0.25, 0.3) is 11.1 Å². The number of thioether (sulfide) groups is 1. The number of pyridine rings is 1. The highest BCUT2D eigenvalue weighted by atomic mass is 35.5. The van der Waals surface area contributed by atoms with Crippen molar-refractivity contribution in [2.45, 2.75) is 11.2 Å². The van der Waals surface area contributed by atoms with Crippen LogP contribution >= 0.6 is 35.0 Å². The lowest BCUT2D eigenvalue weighted by Crippen LogP contribution is -2.15. The Bertz CT molecular complexity index is 993. The maximum Gasteiger partial charge on any atom is 0.417 e. The quantitative estimate of drug-likeness (QED) is 0.505. The number of rotatable bonds is 5. The van der Waals surface area contributed by atoms with Gasteiger partial charge in [-0.2, -0.15) is 18.3 Å². The Hall–Kier alpha value is -2.23. The number of carbonyl (C=O) groups is 1. The highest BCUT2D eigenvalue weighted by Gasteiger charge is 2.31. The zero-order valence-electron chi connectivity index (χ0n) is 13.8. The third-order valence-corrected chi connectivity index (χ3v) is 5.19. The molecule has 0 unspecified atom stereocenters. The second kappa shape index (κ2) is 8.42. The SMILES string of the molecule is O=C(CSc1ncc(C(F)(F)F)cc1Cl)Nc1[nH]ncc1-c1ccc(Cl)cc1. The average molecular weight is 447 g/mol. The first-order valence-corrected chi connectivity index (χ1v) is 9.43. The number of nitrogens with zero attached hydrogens (tertiary/aromatic N) is 2. The number of H-pyrrole nitrogens is 1. The zero-order chi connectivity index (χ0) is 20.3. The highest BCUT2D eigenvalue weighted by molar-refractivity contribution is 8.00. The lowest BCUT2D eigenvalue weighted by atomic mass is 10.1. The lowest BCUT2D eigenvalue weighted by Gasteiger charge is -2.09. The number of hydrogen-bond acceptors (Lipinski definition) is 4. The molecule has 0 atom stereocenters. The molecule has 0 aliphatic carbocycles. The Kier molecular flexibility index (Phi) is 6.17. The van der Waals surface area contributed by atoms with Gasteiger partial charge in [0.2, 0.25) is 5.91 Å². The Morgan fingerprint density at radius 3 is 2.54 bits per heavy atom. The van der Waals surface area contributed by atoms with Gasteiger partial charge in [-0.3, -0.25) is 9.89 Å². The van der Waals surface area contributed by atoms with E-state index in [9.17, 15) is 18.0 Å². The molecule has 0 radical (unpaired) electrons. The molecule has 3 aromatic rings. The van der Waals surface area contributed by atoms with Crippen molar-refractivity contribution in [1.29, 1.82) is 0 Å². The molecule has 146 valence electrons. The summed E-state index contributed by atoms with van der Waals surface area (Å²) in [5.74, 6) is -0.112. The van der Waals surface area contributed by atoms with Crippen molar-refractivity contribution in [3.8, 4) is 11.1 Å². The number of benzene rings is 1. The van der Waals surface area contributed by atoms with Crippen LogP contribution in [-0.4, -0.2) is 26.8 Å². The minimum absolute atomic E-state index is 0.100. The van der Waals surface area contributed by atoms with Gasteiger partial charge in [-0.05, 0) is 23.8 Å². The third-order valence-electron chi connectivity index (χ3n) is 3.53. The first-order chi connectivity index (χ1) is 13.2. The van der Waals surface area contributed by atoms with Gasteiger partial charge >= 0.3 is 6.18 Å². The molecule has 1 amide bonds. The number of hydrogen-bond donors (Lipinski definition) is 2. The van der Waals surface area contributed by atoms with Crippen LogP contribution in [0.3, 0.4) is 0 Å². The predicted molar refractivity (Wildman–Crippen MR) is 103 cm³/mol. The third kappa shape index (κ3) is 4.98. The summed E-state index contributed by atoms with van der Waals surface area (Å²) in [4.78, 5) is 15.9. The number of amides is 1. The number of halogens is 5. The first-order valence-electron chi connectivity index (χ1n) is 7.69. The van der Waals surface area contributed by atoms with Gasteiger partial charge < -0.3 is 5.32 Å². The first kappa shape index (κ1) is 20.5. The Balaban J connectivity index is 1.64. The van der Waals surface area contributed by atoms with Crippen LogP contribution < -0.4 is 5.32 Å². The molecule has 0 bridgehead atoms. The van der Waals surface area contributed by atoms with E-state index in [0.29, 0.717) is 22.6 Å². The van der Waals surface area contributed by atoms with Crippen LogP contribution in [0.15, 0.2) is 47.8 Å². The number of aromatic nitrogens is 3. The van der Waals surface area contributed by atoms with E-state index in [1.165, 1.54) is 0 Å². The monoisotopic (exact) mass is 446 g/mol. The van der Waals surface area contributed by atoms with Gasteiger partial charge in [-0.15, -0.1) is 0 Å². The van der Waals surface area contributed by atoms with E-state index in [-0.39, 0.29) is 15.8 Å². The smallest absolute Gasteiger partial charge is 0.310 e. The minimum Gasteiger partial charge on any atom is -0.310 e. The van der Waals surface area contributed by atoms with Crippen LogP contribution in [-0.2, 0) is 11.0 Å². The molecule has 3 rings (SSSR count). The topological polar surface area (TPSA) is 70.7 Å². The summed E-state index contributed by atoms with van der Waals surface area (Å²) in [7, 11) is 0. The molecule has 0 aliphatic heterocycles. The zero-order valence-corrected chi connectivity index (χ0v) is 16.2. The Labute approximate surface area is 171 Å². The molecule has 11 heteroatoms. The molecule has 0 spiro atoms. The molecule has 1 aromatic carbocycles. The van der Waals surface area contributed by atoms with Gasteiger partial charge in [-0.25, -0.2) is 4.98 Å². The van der Waals surface area contributed by atoms with Crippen molar-refractivity contribution in [3.05, 3.63) is 58.3 Å². The summed E-state index contributed by atoms with van der Waals surface area (Å²) < 4.78 is 37.9. The van der Waals surface area contributed by atoms with Crippen molar-refractivity contribution in [1.82, 2.24) is 15.2 Å². The molecule has 2 aromatic heterocycles. The Morgan fingerprint density at radius 2 is 1.89 bits per heavy atom.